The van der Waals surface area contributed by atoms with Crippen molar-refractivity contribution >= 4 is 5.97 Å². The van der Waals surface area contributed by atoms with Gasteiger partial charge in [0.05, 0.1) is 0 Å². The molecule has 1 aliphatic carbocycles. The zero-order valence-corrected chi connectivity index (χ0v) is 14.8. The molecule has 0 bridgehead atoms. The third kappa shape index (κ3) is 5.93. The number of hydrogen-bond acceptors (Lipinski definition) is 2. The van der Waals surface area contributed by atoms with Crippen molar-refractivity contribution in [3.05, 3.63) is 58.4 Å². The Morgan fingerprint density at radius 2 is 1.78 bits per heavy atom. The second kappa shape index (κ2) is 8.00. The van der Waals surface area contributed by atoms with Crippen LogP contribution < -0.4 is 0 Å². The first-order valence-electron chi connectivity index (χ1n) is 8.01. The third-order valence-electron chi connectivity index (χ3n) is 4.15. The molecule has 0 fully saturated rings. The van der Waals surface area contributed by atoms with E-state index in [0.717, 1.165) is 30.1 Å². The van der Waals surface area contributed by atoms with Crippen molar-refractivity contribution < 1.29 is 15.0 Å². The summed E-state index contributed by atoms with van der Waals surface area (Å²) in [4.78, 5) is 10.5. The fourth-order valence-corrected chi connectivity index (χ4v) is 3.12. The standard InChI is InChI=1S/C20H28O3/c1-14(8-6-9-15(2)13-18(22)23)12-17(21)19-16(3)10-7-11-20(19,4)5/h6,8-9,12-13,21H,7,10-11H2,1-5H3,(H,22,23)/b9-6+,14-8+,15-13+,17-12-. The molecule has 0 heterocycles. The van der Waals surface area contributed by atoms with Crippen molar-refractivity contribution in [1.29, 1.82) is 0 Å². The smallest absolute Gasteiger partial charge is 0.328 e. The molecule has 0 saturated carbocycles. The quantitative estimate of drug-likeness (QED) is 0.400. The van der Waals surface area contributed by atoms with Gasteiger partial charge in [-0.25, -0.2) is 4.79 Å². The molecule has 3 nitrogen and oxygen atoms in total. The van der Waals surface area contributed by atoms with Crippen LogP contribution in [0.25, 0.3) is 0 Å². The Balaban J connectivity index is 2.95. The molecule has 0 atom stereocenters. The number of hydrogen-bond donors (Lipinski definition) is 2. The van der Waals surface area contributed by atoms with Gasteiger partial charge in [-0.05, 0) is 68.2 Å². The Morgan fingerprint density at radius 1 is 1.13 bits per heavy atom. The van der Waals surface area contributed by atoms with Gasteiger partial charge in [0.15, 0.2) is 0 Å². The van der Waals surface area contributed by atoms with E-state index in [1.807, 2.05) is 13.0 Å². The van der Waals surface area contributed by atoms with Gasteiger partial charge >= 0.3 is 5.97 Å². The maximum atomic E-state index is 10.5. The molecule has 0 aliphatic heterocycles. The number of aliphatic carboxylic acids is 1. The molecule has 2 N–H and O–H groups in total. The van der Waals surface area contributed by atoms with E-state index in [9.17, 15) is 9.90 Å². The van der Waals surface area contributed by atoms with Crippen molar-refractivity contribution in [2.24, 2.45) is 5.41 Å². The molecular weight excluding hydrogens is 288 g/mol. The number of aliphatic hydroxyl groups excluding tert-OH is 1. The van der Waals surface area contributed by atoms with Crippen molar-refractivity contribution in [2.45, 2.75) is 53.9 Å². The van der Waals surface area contributed by atoms with E-state index >= 15 is 0 Å². The maximum Gasteiger partial charge on any atom is 0.328 e. The average Bonchev–Trinajstić information content (AvgIpc) is 2.35. The number of carboxylic acids is 1. The van der Waals surface area contributed by atoms with Gasteiger partial charge in [0.1, 0.15) is 5.76 Å². The molecule has 0 aromatic heterocycles. The van der Waals surface area contributed by atoms with E-state index in [0.29, 0.717) is 11.3 Å². The first-order chi connectivity index (χ1) is 10.6. The van der Waals surface area contributed by atoms with Gasteiger partial charge in [-0.15, -0.1) is 0 Å². The van der Waals surface area contributed by atoms with Crippen molar-refractivity contribution in [3.8, 4) is 0 Å². The second-order valence-corrected chi connectivity index (χ2v) is 6.92. The summed E-state index contributed by atoms with van der Waals surface area (Å²) in [6, 6.07) is 0. The molecule has 0 aromatic carbocycles. The van der Waals surface area contributed by atoms with Gasteiger partial charge in [0.2, 0.25) is 0 Å². The lowest BCUT2D eigenvalue weighted by Gasteiger charge is -2.34. The van der Waals surface area contributed by atoms with Crippen molar-refractivity contribution in [2.75, 3.05) is 0 Å². The van der Waals surface area contributed by atoms with Crippen LogP contribution in [0.5, 0.6) is 0 Å². The van der Waals surface area contributed by atoms with Crippen LogP contribution in [0, 0.1) is 5.41 Å². The highest BCUT2D eigenvalue weighted by Crippen LogP contribution is 2.43. The third-order valence-corrected chi connectivity index (χ3v) is 4.15. The Bertz CT molecular complexity index is 611. The fraction of sp³-hybridized carbons (Fsp3) is 0.450. The average molecular weight is 316 g/mol. The zero-order valence-electron chi connectivity index (χ0n) is 14.8. The minimum absolute atomic E-state index is 0.000149. The number of allylic oxidation sites excluding steroid dienone is 8. The fourth-order valence-electron chi connectivity index (χ4n) is 3.12. The van der Waals surface area contributed by atoms with Crippen LogP contribution >= 0.6 is 0 Å². The lowest BCUT2D eigenvalue weighted by Crippen LogP contribution is -2.21. The number of carboxylic acid groups (broad SMARTS) is 1. The maximum absolute atomic E-state index is 10.5. The van der Waals surface area contributed by atoms with Crippen LogP contribution in [-0.2, 0) is 4.79 Å². The van der Waals surface area contributed by atoms with Crippen LogP contribution in [0.15, 0.2) is 58.4 Å². The van der Waals surface area contributed by atoms with Gasteiger partial charge < -0.3 is 10.2 Å². The predicted octanol–water partition coefficient (Wildman–Crippen LogP) is 5.49. The van der Waals surface area contributed by atoms with E-state index in [4.69, 9.17) is 5.11 Å². The first-order valence-corrected chi connectivity index (χ1v) is 8.01. The number of carbonyl (C=O) groups is 1. The molecule has 1 rings (SSSR count). The molecule has 0 saturated heterocycles. The van der Waals surface area contributed by atoms with E-state index in [1.165, 1.54) is 12.0 Å². The van der Waals surface area contributed by atoms with Crippen molar-refractivity contribution in [3.63, 3.8) is 0 Å². The molecule has 0 amide bonds. The Morgan fingerprint density at radius 3 is 2.35 bits per heavy atom. The lowest BCUT2D eigenvalue weighted by molar-refractivity contribution is -0.131. The van der Waals surface area contributed by atoms with E-state index in [-0.39, 0.29) is 5.41 Å². The highest BCUT2D eigenvalue weighted by Gasteiger charge is 2.30. The van der Waals surface area contributed by atoms with Crippen LogP contribution in [0.3, 0.4) is 0 Å². The SMILES string of the molecule is CC1=C(/C(O)=C/C(C)=C/C=C/C(C)=C/C(=O)O)C(C)(C)CCC1. The van der Waals surface area contributed by atoms with E-state index < -0.39 is 5.97 Å². The molecule has 126 valence electrons. The topological polar surface area (TPSA) is 57.5 Å². The number of rotatable bonds is 5. The summed E-state index contributed by atoms with van der Waals surface area (Å²) >= 11 is 0. The number of aliphatic hydroxyl groups is 1. The highest BCUT2D eigenvalue weighted by atomic mass is 16.4. The first kappa shape index (κ1) is 19.0. The highest BCUT2D eigenvalue weighted by molar-refractivity contribution is 5.81. The van der Waals surface area contributed by atoms with Crippen molar-refractivity contribution in [1.82, 2.24) is 0 Å². The van der Waals surface area contributed by atoms with Gasteiger partial charge in [0.25, 0.3) is 0 Å². The normalized spacial score (nSPS) is 20.3. The molecule has 0 unspecified atom stereocenters. The molecule has 0 aromatic rings. The lowest BCUT2D eigenvalue weighted by atomic mass is 9.72. The van der Waals surface area contributed by atoms with Crippen LogP contribution in [0.4, 0.5) is 0 Å². The van der Waals surface area contributed by atoms with Gasteiger partial charge in [-0.3, -0.25) is 0 Å². The molecule has 1 aliphatic rings. The summed E-state index contributed by atoms with van der Waals surface area (Å²) in [6.45, 7) is 10.1. The molecule has 0 spiro atoms. The molecule has 0 radical (unpaired) electrons. The van der Waals surface area contributed by atoms with E-state index in [2.05, 4.69) is 20.8 Å². The van der Waals surface area contributed by atoms with Crippen LogP contribution in [-0.4, -0.2) is 16.2 Å². The largest absolute Gasteiger partial charge is 0.508 e. The van der Waals surface area contributed by atoms with Crippen LogP contribution in [0.2, 0.25) is 0 Å². The van der Waals surface area contributed by atoms with Gasteiger partial charge in [-0.1, -0.05) is 37.6 Å². The minimum atomic E-state index is -0.952. The summed E-state index contributed by atoms with van der Waals surface area (Å²) in [5, 5.41) is 19.2. The second-order valence-electron chi connectivity index (χ2n) is 6.92. The zero-order chi connectivity index (χ0) is 17.6. The molecule has 23 heavy (non-hydrogen) atoms. The minimum Gasteiger partial charge on any atom is -0.508 e. The predicted molar refractivity (Wildman–Crippen MR) is 95.3 cm³/mol. The Labute approximate surface area is 139 Å². The van der Waals surface area contributed by atoms with E-state index in [1.54, 1.807) is 25.2 Å². The monoisotopic (exact) mass is 316 g/mol. The van der Waals surface area contributed by atoms with Gasteiger partial charge in [0, 0.05) is 6.08 Å². The molecular formula is C20H28O3. The summed E-state index contributed by atoms with van der Waals surface area (Å²) in [7, 11) is 0. The summed E-state index contributed by atoms with van der Waals surface area (Å²) in [5.74, 6) is -0.612. The molecule has 3 heteroatoms. The van der Waals surface area contributed by atoms with Gasteiger partial charge in [-0.2, -0.15) is 0 Å². The summed E-state index contributed by atoms with van der Waals surface area (Å²) in [6.07, 6.45) is 11.6. The Kier molecular flexibility index (Phi) is 6.62. The summed E-state index contributed by atoms with van der Waals surface area (Å²) < 4.78 is 0. The summed E-state index contributed by atoms with van der Waals surface area (Å²) in [5.41, 5.74) is 3.91. The Hall–Kier alpha value is -2.03. The van der Waals surface area contributed by atoms with Crippen LogP contribution in [0.1, 0.15) is 53.9 Å².